The van der Waals surface area contributed by atoms with E-state index >= 15 is 0 Å². The lowest BCUT2D eigenvalue weighted by molar-refractivity contribution is 0.0947. The maximum Gasteiger partial charge on any atom is 0.255 e. The Morgan fingerprint density at radius 3 is 2.85 bits per heavy atom. The average Bonchev–Trinajstić information content (AvgIpc) is 3.58. The number of aromatic amines is 1. The Morgan fingerprint density at radius 2 is 2.00 bits per heavy atom. The molecule has 0 saturated heterocycles. The van der Waals surface area contributed by atoms with Crippen molar-refractivity contribution in [2.24, 2.45) is 0 Å². The fraction of sp³-hybridized carbons (Fsp3) is 0.148. The molecule has 1 amide bonds. The van der Waals surface area contributed by atoms with Crippen LogP contribution < -0.4 is 20.1 Å². The number of nitrogens with one attached hydrogen (secondary N) is 3. The highest BCUT2D eigenvalue weighted by atomic mass is 35.5. The average molecular weight is 543 g/mol. The predicted octanol–water partition coefficient (Wildman–Crippen LogP) is 4.32. The SMILES string of the molecule is COc1c(Cl)cccc1Nc1c(-c2ccncc2OCc2nnnn2-c2ccccc2)[nH]c2c1C(=O)NCC2. The number of H-pyrrole nitrogens is 1. The van der Waals surface area contributed by atoms with Crippen LogP contribution in [0.1, 0.15) is 21.9 Å². The number of tetrazole rings is 1. The maximum atomic E-state index is 13.0. The van der Waals surface area contributed by atoms with E-state index in [2.05, 4.69) is 36.1 Å². The van der Waals surface area contributed by atoms with Crippen LogP contribution in [0.2, 0.25) is 5.02 Å². The third kappa shape index (κ3) is 4.64. The summed E-state index contributed by atoms with van der Waals surface area (Å²) in [7, 11) is 1.55. The van der Waals surface area contributed by atoms with Crippen molar-refractivity contribution < 1.29 is 14.3 Å². The number of halogens is 1. The summed E-state index contributed by atoms with van der Waals surface area (Å²) in [4.78, 5) is 20.7. The molecule has 0 fully saturated rings. The zero-order valence-electron chi connectivity index (χ0n) is 20.8. The van der Waals surface area contributed by atoms with Crippen molar-refractivity contribution in [2.75, 3.05) is 19.0 Å². The number of para-hydroxylation sites is 2. The van der Waals surface area contributed by atoms with Gasteiger partial charge in [0.2, 0.25) is 0 Å². The van der Waals surface area contributed by atoms with Crippen LogP contribution in [0.4, 0.5) is 11.4 Å². The number of rotatable bonds is 8. The third-order valence-electron chi connectivity index (χ3n) is 6.34. The van der Waals surface area contributed by atoms with Gasteiger partial charge in [-0.25, -0.2) is 0 Å². The Bertz CT molecular complexity index is 1650. The second-order valence-corrected chi connectivity index (χ2v) is 9.09. The van der Waals surface area contributed by atoms with Crippen LogP contribution in [0.15, 0.2) is 67.0 Å². The Hall–Kier alpha value is -4.90. The molecule has 3 aromatic heterocycles. The lowest BCUT2D eigenvalue weighted by Crippen LogP contribution is -2.31. The van der Waals surface area contributed by atoms with Gasteiger partial charge in [-0.3, -0.25) is 9.78 Å². The lowest BCUT2D eigenvalue weighted by Gasteiger charge is -2.17. The molecular formula is C27H23ClN8O3. The number of amides is 1. The molecule has 1 aliphatic heterocycles. The first-order valence-electron chi connectivity index (χ1n) is 12.2. The number of carbonyl (C=O) groups is 1. The van der Waals surface area contributed by atoms with Crippen LogP contribution in [-0.2, 0) is 13.0 Å². The number of anilines is 2. The molecule has 5 aromatic rings. The van der Waals surface area contributed by atoms with Gasteiger partial charge in [-0.2, -0.15) is 4.68 Å². The molecule has 12 heteroatoms. The number of nitrogens with zero attached hydrogens (tertiary/aromatic N) is 5. The standard InChI is InChI=1S/C27H23ClN8O3/c1-38-26-18(28)8-5-9-20(26)32-25-23-19(11-13-30-27(23)37)31-24(25)17-10-12-29-14-21(17)39-15-22-33-34-35-36(22)16-6-3-2-4-7-16/h2-10,12,14,31-32H,11,13,15H2,1H3,(H,30,37). The van der Waals surface area contributed by atoms with Crippen LogP contribution in [0.3, 0.4) is 0 Å². The van der Waals surface area contributed by atoms with E-state index in [0.29, 0.717) is 63.5 Å². The molecule has 39 heavy (non-hydrogen) atoms. The van der Waals surface area contributed by atoms with Crippen molar-refractivity contribution in [1.82, 2.24) is 35.5 Å². The van der Waals surface area contributed by atoms with E-state index < -0.39 is 0 Å². The van der Waals surface area contributed by atoms with E-state index in [-0.39, 0.29) is 12.5 Å². The van der Waals surface area contributed by atoms with E-state index in [1.165, 1.54) is 0 Å². The Balaban J connectivity index is 1.39. The van der Waals surface area contributed by atoms with Gasteiger partial charge in [0.05, 0.1) is 46.6 Å². The van der Waals surface area contributed by atoms with Gasteiger partial charge in [0.1, 0.15) is 12.4 Å². The molecular weight excluding hydrogens is 520 g/mol. The van der Waals surface area contributed by atoms with Crippen LogP contribution >= 0.6 is 11.6 Å². The first kappa shape index (κ1) is 24.4. The minimum absolute atomic E-state index is 0.0897. The molecule has 0 unspecified atom stereocenters. The topological polar surface area (TPSA) is 132 Å². The molecule has 6 rings (SSSR count). The fourth-order valence-electron chi connectivity index (χ4n) is 4.56. The summed E-state index contributed by atoms with van der Waals surface area (Å²) in [6.07, 6.45) is 3.94. The summed E-state index contributed by atoms with van der Waals surface area (Å²) < 4.78 is 13.4. The van der Waals surface area contributed by atoms with E-state index in [1.807, 2.05) is 48.5 Å². The second kappa shape index (κ2) is 10.5. The molecule has 0 radical (unpaired) electrons. The van der Waals surface area contributed by atoms with Gasteiger partial charge in [0.15, 0.2) is 11.6 Å². The molecule has 0 bridgehead atoms. The molecule has 4 heterocycles. The van der Waals surface area contributed by atoms with Crippen molar-refractivity contribution in [2.45, 2.75) is 13.0 Å². The molecule has 0 saturated carbocycles. The first-order valence-corrected chi connectivity index (χ1v) is 12.5. The van der Waals surface area contributed by atoms with Gasteiger partial charge in [0.25, 0.3) is 5.91 Å². The zero-order chi connectivity index (χ0) is 26.8. The molecule has 0 atom stereocenters. The van der Waals surface area contributed by atoms with Crippen molar-refractivity contribution in [3.63, 3.8) is 0 Å². The largest absolute Gasteiger partial charge is 0.493 e. The highest BCUT2D eigenvalue weighted by Gasteiger charge is 2.29. The number of pyridine rings is 1. The first-order chi connectivity index (χ1) is 19.1. The van der Waals surface area contributed by atoms with Gasteiger partial charge in [0, 0.05) is 30.4 Å². The van der Waals surface area contributed by atoms with Crippen LogP contribution in [0.5, 0.6) is 11.5 Å². The number of ether oxygens (including phenoxy) is 2. The molecule has 1 aliphatic rings. The summed E-state index contributed by atoms with van der Waals surface area (Å²) in [5.74, 6) is 1.29. The second-order valence-electron chi connectivity index (χ2n) is 8.68. The molecule has 0 aliphatic carbocycles. The number of carbonyl (C=O) groups excluding carboxylic acids is 1. The monoisotopic (exact) mass is 542 g/mol. The normalized spacial score (nSPS) is 12.5. The molecule has 0 spiro atoms. The molecule has 11 nitrogen and oxygen atoms in total. The highest BCUT2D eigenvalue weighted by molar-refractivity contribution is 6.32. The number of methoxy groups -OCH3 is 1. The van der Waals surface area contributed by atoms with Gasteiger partial charge in [-0.1, -0.05) is 35.9 Å². The van der Waals surface area contributed by atoms with Crippen LogP contribution in [0.25, 0.3) is 16.9 Å². The number of fused-ring (bicyclic) bond motifs is 1. The van der Waals surface area contributed by atoms with Crippen molar-refractivity contribution in [3.05, 3.63) is 89.1 Å². The lowest BCUT2D eigenvalue weighted by atomic mass is 10.0. The summed E-state index contributed by atoms with van der Waals surface area (Å²) in [5.41, 5.74) is 4.71. The van der Waals surface area contributed by atoms with E-state index in [0.717, 1.165) is 11.4 Å². The van der Waals surface area contributed by atoms with Gasteiger partial charge in [-0.15, -0.1) is 5.10 Å². The van der Waals surface area contributed by atoms with E-state index in [4.69, 9.17) is 21.1 Å². The summed E-state index contributed by atoms with van der Waals surface area (Å²) in [6.45, 7) is 0.625. The Labute approximate surface area is 228 Å². The molecule has 196 valence electrons. The van der Waals surface area contributed by atoms with Crippen LogP contribution in [-0.4, -0.2) is 49.7 Å². The highest BCUT2D eigenvalue weighted by Crippen LogP contribution is 2.42. The predicted molar refractivity (Wildman–Crippen MR) is 145 cm³/mol. The van der Waals surface area contributed by atoms with Crippen LogP contribution in [0, 0.1) is 0 Å². The summed E-state index contributed by atoms with van der Waals surface area (Å²) >= 11 is 6.37. The van der Waals surface area contributed by atoms with Gasteiger partial charge < -0.3 is 25.1 Å². The zero-order valence-corrected chi connectivity index (χ0v) is 21.6. The third-order valence-corrected chi connectivity index (χ3v) is 6.64. The van der Waals surface area contributed by atoms with Gasteiger partial charge in [-0.05, 0) is 40.8 Å². The number of hydrogen-bond acceptors (Lipinski definition) is 8. The van der Waals surface area contributed by atoms with E-state index in [9.17, 15) is 4.79 Å². The van der Waals surface area contributed by atoms with Crippen molar-refractivity contribution in [1.29, 1.82) is 0 Å². The fourth-order valence-corrected chi connectivity index (χ4v) is 4.82. The Kier molecular flexibility index (Phi) is 6.55. The maximum absolute atomic E-state index is 13.0. The van der Waals surface area contributed by atoms with E-state index in [1.54, 1.807) is 30.3 Å². The number of hydrogen-bond donors (Lipinski definition) is 3. The molecule has 2 aromatic carbocycles. The van der Waals surface area contributed by atoms with Crippen molar-refractivity contribution in [3.8, 4) is 28.4 Å². The Morgan fingerprint density at radius 1 is 1.13 bits per heavy atom. The smallest absolute Gasteiger partial charge is 0.255 e. The van der Waals surface area contributed by atoms with Crippen molar-refractivity contribution >= 4 is 28.9 Å². The summed E-state index contributed by atoms with van der Waals surface area (Å²) in [6, 6.07) is 16.8. The van der Waals surface area contributed by atoms with Gasteiger partial charge >= 0.3 is 0 Å². The summed E-state index contributed by atoms with van der Waals surface area (Å²) in [5, 5.41) is 18.8. The number of aromatic nitrogens is 6. The number of benzene rings is 2. The molecule has 3 N–H and O–H groups in total. The minimum atomic E-state index is -0.180. The quantitative estimate of drug-likeness (QED) is 0.264. The minimum Gasteiger partial charge on any atom is -0.493 e.